The van der Waals surface area contributed by atoms with E-state index in [1.165, 1.54) is 4.68 Å². The van der Waals surface area contributed by atoms with Crippen molar-refractivity contribution in [1.29, 1.82) is 0 Å². The molecule has 0 aliphatic rings. The molecule has 1 aromatic heterocycles. The Morgan fingerprint density at radius 3 is 2.67 bits per heavy atom. The number of para-hydroxylation sites is 1. The largest absolute Gasteiger partial charge is 0.405 e. The number of carbonyl (C=O) groups excluding carboxylic acids is 1. The maximum atomic E-state index is 12.0. The zero-order valence-electron chi connectivity index (χ0n) is 10.5. The summed E-state index contributed by atoms with van der Waals surface area (Å²) in [6.45, 7) is -1.35. The molecule has 112 valence electrons. The molecular weight excluding hydrogens is 307 g/mol. The van der Waals surface area contributed by atoms with E-state index in [9.17, 15) is 18.0 Å². The molecule has 0 saturated heterocycles. The summed E-state index contributed by atoms with van der Waals surface area (Å²) < 4.78 is 37.3. The van der Waals surface area contributed by atoms with Crippen molar-refractivity contribution >= 4 is 17.7 Å². The van der Waals surface area contributed by atoms with Gasteiger partial charge in [0.1, 0.15) is 6.54 Å². The number of halogens is 3. The fourth-order valence-corrected chi connectivity index (χ4v) is 2.10. The average Bonchev–Trinajstić information content (AvgIpc) is 2.91. The summed E-state index contributed by atoms with van der Waals surface area (Å²) in [4.78, 5) is 11.3. The standard InChI is InChI=1S/C11H10F3N5OS/c12-11(13,14)7-15-9(20)6-21-10-16-17-18-19(10)8-4-2-1-3-5-8/h1-5H,6-7H2,(H,15,20). The first kappa shape index (κ1) is 15.3. The van der Waals surface area contributed by atoms with Gasteiger partial charge >= 0.3 is 6.18 Å². The van der Waals surface area contributed by atoms with E-state index in [-0.39, 0.29) is 5.75 Å². The van der Waals surface area contributed by atoms with E-state index in [4.69, 9.17) is 0 Å². The highest BCUT2D eigenvalue weighted by Gasteiger charge is 2.27. The second-order valence-corrected chi connectivity index (χ2v) is 4.83. The normalized spacial score (nSPS) is 11.4. The zero-order chi connectivity index (χ0) is 15.3. The molecule has 0 unspecified atom stereocenters. The number of nitrogens with zero attached hydrogens (tertiary/aromatic N) is 4. The van der Waals surface area contributed by atoms with Crippen LogP contribution in [0.4, 0.5) is 13.2 Å². The van der Waals surface area contributed by atoms with Crippen molar-refractivity contribution in [3.05, 3.63) is 30.3 Å². The molecule has 0 aliphatic carbocycles. The van der Waals surface area contributed by atoms with Crippen LogP contribution in [0.5, 0.6) is 0 Å². The number of hydrogen-bond donors (Lipinski definition) is 1. The molecule has 0 spiro atoms. The molecule has 2 aromatic rings. The van der Waals surface area contributed by atoms with E-state index in [1.807, 2.05) is 6.07 Å². The van der Waals surface area contributed by atoms with Gasteiger partial charge in [-0.2, -0.15) is 17.9 Å². The fourth-order valence-electron chi connectivity index (χ4n) is 1.38. The number of benzene rings is 1. The number of tetrazole rings is 1. The summed E-state index contributed by atoms with van der Waals surface area (Å²) in [7, 11) is 0. The van der Waals surface area contributed by atoms with Gasteiger partial charge in [-0.25, -0.2) is 0 Å². The zero-order valence-corrected chi connectivity index (χ0v) is 11.4. The molecule has 1 aromatic carbocycles. The van der Waals surface area contributed by atoms with Crippen LogP contribution in [0, 0.1) is 0 Å². The van der Waals surface area contributed by atoms with Gasteiger partial charge in [0.25, 0.3) is 0 Å². The van der Waals surface area contributed by atoms with Crippen molar-refractivity contribution in [1.82, 2.24) is 25.5 Å². The maximum absolute atomic E-state index is 12.0. The molecule has 0 bridgehead atoms. The number of nitrogens with one attached hydrogen (secondary N) is 1. The highest BCUT2D eigenvalue weighted by molar-refractivity contribution is 7.99. The minimum absolute atomic E-state index is 0.205. The molecule has 0 saturated carbocycles. The monoisotopic (exact) mass is 317 g/mol. The summed E-state index contributed by atoms with van der Waals surface area (Å²) in [5.41, 5.74) is 0.695. The first-order chi connectivity index (χ1) is 9.96. The summed E-state index contributed by atoms with van der Waals surface area (Å²) in [6.07, 6.45) is -4.42. The van der Waals surface area contributed by atoms with Crippen LogP contribution in [0.25, 0.3) is 5.69 Å². The second kappa shape index (κ2) is 6.57. The smallest absolute Gasteiger partial charge is 0.346 e. The Labute approximate surface area is 121 Å². The van der Waals surface area contributed by atoms with E-state index in [0.717, 1.165) is 11.8 Å². The SMILES string of the molecule is O=C(CSc1nnnn1-c1ccccc1)NCC(F)(F)F. The molecule has 10 heteroatoms. The van der Waals surface area contributed by atoms with Crippen molar-refractivity contribution in [2.75, 3.05) is 12.3 Å². The summed E-state index contributed by atoms with van der Waals surface area (Å²) in [5.74, 6) is -0.941. The Bertz CT molecular complexity index is 601. The lowest BCUT2D eigenvalue weighted by Crippen LogP contribution is -2.34. The second-order valence-electron chi connectivity index (χ2n) is 3.89. The maximum Gasteiger partial charge on any atom is 0.405 e. The number of aromatic nitrogens is 4. The highest BCUT2D eigenvalue weighted by Crippen LogP contribution is 2.18. The molecule has 21 heavy (non-hydrogen) atoms. The van der Waals surface area contributed by atoms with E-state index in [0.29, 0.717) is 10.8 Å². The Hall–Kier alpha value is -2.10. The molecule has 1 amide bonds. The number of thioether (sulfide) groups is 1. The van der Waals surface area contributed by atoms with Crippen LogP contribution >= 0.6 is 11.8 Å². The van der Waals surface area contributed by atoms with Gasteiger partial charge in [0.2, 0.25) is 11.1 Å². The molecule has 6 nitrogen and oxygen atoms in total. The third-order valence-corrected chi connectivity index (χ3v) is 3.18. The van der Waals surface area contributed by atoms with Gasteiger partial charge < -0.3 is 5.32 Å². The first-order valence-electron chi connectivity index (χ1n) is 5.76. The fraction of sp³-hybridized carbons (Fsp3) is 0.273. The van der Waals surface area contributed by atoms with Crippen molar-refractivity contribution in [3.8, 4) is 5.69 Å². The molecule has 1 heterocycles. The lowest BCUT2D eigenvalue weighted by molar-refractivity contribution is -0.136. The van der Waals surface area contributed by atoms with Crippen LogP contribution in [0.3, 0.4) is 0 Å². The molecule has 1 N–H and O–H groups in total. The molecule has 0 atom stereocenters. The lowest BCUT2D eigenvalue weighted by Gasteiger charge is -2.08. The number of carbonyl (C=O) groups is 1. The van der Waals surface area contributed by atoms with Crippen molar-refractivity contribution in [2.45, 2.75) is 11.3 Å². The molecule has 0 radical (unpaired) electrons. The summed E-state index contributed by atoms with van der Waals surface area (Å²) in [6, 6.07) is 8.95. The Balaban J connectivity index is 1.93. The van der Waals surface area contributed by atoms with Gasteiger partial charge in [-0.1, -0.05) is 30.0 Å². The topological polar surface area (TPSA) is 72.7 Å². The highest BCUT2D eigenvalue weighted by atomic mass is 32.2. The third kappa shape index (κ3) is 4.74. The van der Waals surface area contributed by atoms with Crippen LogP contribution in [0.15, 0.2) is 35.5 Å². The van der Waals surface area contributed by atoms with E-state index < -0.39 is 18.6 Å². The van der Waals surface area contributed by atoms with Gasteiger partial charge in [-0.05, 0) is 22.6 Å². The first-order valence-corrected chi connectivity index (χ1v) is 6.74. The summed E-state index contributed by atoms with van der Waals surface area (Å²) in [5, 5.41) is 13.1. The van der Waals surface area contributed by atoms with E-state index in [1.54, 1.807) is 29.6 Å². The Morgan fingerprint density at radius 2 is 2.00 bits per heavy atom. The van der Waals surface area contributed by atoms with Gasteiger partial charge in [0.05, 0.1) is 11.4 Å². The van der Waals surface area contributed by atoms with E-state index >= 15 is 0 Å². The number of alkyl halides is 3. The third-order valence-electron chi connectivity index (χ3n) is 2.26. The van der Waals surface area contributed by atoms with Crippen molar-refractivity contribution in [3.63, 3.8) is 0 Å². The van der Waals surface area contributed by atoms with Gasteiger partial charge in [0.15, 0.2) is 0 Å². The molecule has 0 fully saturated rings. The molecule has 2 rings (SSSR count). The van der Waals surface area contributed by atoms with Crippen LogP contribution in [0.2, 0.25) is 0 Å². The minimum atomic E-state index is -4.42. The predicted octanol–water partition coefficient (Wildman–Crippen LogP) is 1.43. The van der Waals surface area contributed by atoms with Gasteiger partial charge in [-0.3, -0.25) is 4.79 Å². The van der Waals surface area contributed by atoms with Crippen LogP contribution < -0.4 is 5.32 Å². The number of amides is 1. The molecule has 0 aliphatic heterocycles. The number of rotatable bonds is 5. The number of hydrogen-bond acceptors (Lipinski definition) is 5. The van der Waals surface area contributed by atoms with E-state index in [2.05, 4.69) is 15.5 Å². The van der Waals surface area contributed by atoms with Crippen LogP contribution in [-0.4, -0.2) is 44.6 Å². The van der Waals surface area contributed by atoms with Crippen LogP contribution in [0.1, 0.15) is 0 Å². The Morgan fingerprint density at radius 1 is 1.29 bits per heavy atom. The van der Waals surface area contributed by atoms with Gasteiger partial charge in [-0.15, -0.1) is 5.10 Å². The quantitative estimate of drug-likeness (QED) is 0.845. The van der Waals surface area contributed by atoms with Gasteiger partial charge in [0, 0.05) is 0 Å². The predicted molar refractivity (Wildman–Crippen MR) is 68.9 cm³/mol. The minimum Gasteiger partial charge on any atom is -0.346 e. The average molecular weight is 317 g/mol. The van der Waals surface area contributed by atoms with Crippen molar-refractivity contribution in [2.24, 2.45) is 0 Å². The van der Waals surface area contributed by atoms with Crippen molar-refractivity contribution < 1.29 is 18.0 Å². The molecular formula is C11H10F3N5OS. The lowest BCUT2D eigenvalue weighted by atomic mass is 10.3. The summed E-state index contributed by atoms with van der Waals surface area (Å²) >= 11 is 0.955. The Kier molecular flexibility index (Phi) is 4.78. The van der Waals surface area contributed by atoms with Crippen LogP contribution in [-0.2, 0) is 4.79 Å².